The molecule has 3 heterocycles. The Morgan fingerprint density at radius 2 is 2.04 bits per heavy atom. The van der Waals surface area contributed by atoms with Gasteiger partial charge in [0.1, 0.15) is 5.82 Å². The Labute approximate surface area is 142 Å². The fraction of sp³-hybridized carbons (Fsp3) is 0.438. The van der Waals surface area contributed by atoms with Crippen LogP contribution < -0.4 is 5.32 Å². The lowest BCUT2D eigenvalue weighted by Gasteiger charge is -2.19. The predicted molar refractivity (Wildman–Crippen MR) is 84.9 cm³/mol. The van der Waals surface area contributed by atoms with Gasteiger partial charge in [-0.3, -0.25) is 4.79 Å². The Balaban J connectivity index is 1.79. The Kier molecular flexibility index (Phi) is 4.40. The molecule has 3 rings (SSSR count). The number of halogens is 3. The Hall–Kier alpha value is -2.58. The van der Waals surface area contributed by atoms with E-state index in [0.717, 1.165) is 18.0 Å². The number of imidazole rings is 1. The summed E-state index contributed by atoms with van der Waals surface area (Å²) in [6, 6.07) is 2.11. The maximum atomic E-state index is 12.6. The largest absolute Gasteiger partial charge is 0.417 e. The van der Waals surface area contributed by atoms with Crippen LogP contribution in [0.5, 0.6) is 0 Å². The summed E-state index contributed by atoms with van der Waals surface area (Å²) in [7, 11) is 1.86. The van der Waals surface area contributed by atoms with Gasteiger partial charge in [0.2, 0.25) is 5.91 Å². The van der Waals surface area contributed by atoms with E-state index in [-0.39, 0.29) is 17.9 Å². The first kappa shape index (κ1) is 17.2. The van der Waals surface area contributed by atoms with Gasteiger partial charge in [-0.2, -0.15) is 13.2 Å². The second-order valence-electron chi connectivity index (χ2n) is 6.18. The van der Waals surface area contributed by atoms with E-state index >= 15 is 0 Å². The second kappa shape index (κ2) is 6.38. The van der Waals surface area contributed by atoms with Gasteiger partial charge in [-0.15, -0.1) is 0 Å². The average molecular weight is 353 g/mol. The van der Waals surface area contributed by atoms with E-state index in [1.807, 2.05) is 17.8 Å². The molecule has 1 amide bonds. The summed E-state index contributed by atoms with van der Waals surface area (Å²) in [6.07, 6.45) is -0.0566. The van der Waals surface area contributed by atoms with Gasteiger partial charge in [0.15, 0.2) is 0 Å². The van der Waals surface area contributed by atoms with Crippen LogP contribution in [0.4, 0.5) is 19.0 Å². The molecule has 1 aliphatic heterocycles. The van der Waals surface area contributed by atoms with Crippen LogP contribution in [0.15, 0.2) is 30.9 Å². The lowest BCUT2D eigenvalue weighted by molar-refractivity contribution is -0.137. The maximum absolute atomic E-state index is 12.6. The fourth-order valence-corrected chi connectivity index (χ4v) is 2.97. The summed E-state index contributed by atoms with van der Waals surface area (Å²) in [4.78, 5) is 21.6. The van der Waals surface area contributed by atoms with Gasteiger partial charge in [-0.1, -0.05) is 0 Å². The summed E-state index contributed by atoms with van der Waals surface area (Å²) in [5.74, 6) is 0.226. The number of pyridine rings is 1. The minimum atomic E-state index is -4.42. The molecular formula is C16H18F3N5O. The highest BCUT2D eigenvalue weighted by Crippen LogP contribution is 2.31. The first-order valence-corrected chi connectivity index (χ1v) is 7.77. The van der Waals surface area contributed by atoms with Crippen LogP contribution >= 0.6 is 0 Å². The van der Waals surface area contributed by atoms with Crippen molar-refractivity contribution < 1.29 is 18.0 Å². The summed E-state index contributed by atoms with van der Waals surface area (Å²) < 4.78 is 39.7. The molecule has 0 radical (unpaired) electrons. The van der Waals surface area contributed by atoms with Gasteiger partial charge >= 0.3 is 6.18 Å². The van der Waals surface area contributed by atoms with E-state index in [0.29, 0.717) is 18.9 Å². The number of carbonyl (C=O) groups excluding carboxylic acids is 1. The zero-order chi connectivity index (χ0) is 18.2. The highest BCUT2D eigenvalue weighted by Gasteiger charge is 2.37. The highest BCUT2D eigenvalue weighted by atomic mass is 19.4. The molecule has 0 aliphatic carbocycles. The van der Waals surface area contributed by atoms with Gasteiger partial charge in [0, 0.05) is 45.4 Å². The van der Waals surface area contributed by atoms with E-state index in [2.05, 4.69) is 15.3 Å². The van der Waals surface area contributed by atoms with Gasteiger partial charge in [-0.25, -0.2) is 9.97 Å². The summed E-state index contributed by atoms with van der Waals surface area (Å²) in [5.41, 5.74) is 0.0340. The van der Waals surface area contributed by atoms with Crippen LogP contribution in [-0.2, 0) is 18.0 Å². The van der Waals surface area contributed by atoms with Crippen LogP contribution in [-0.4, -0.2) is 44.5 Å². The summed E-state index contributed by atoms with van der Waals surface area (Å²) in [5, 5.41) is 3.14. The van der Waals surface area contributed by atoms with Crippen LogP contribution in [0.2, 0.25) is 0 Å². The number of amides is 1. The van der Waals surface area contributed by atoms with Crippen molar-refractivity contribution >= 4 is 11.7 Å². The molecule has 1 saturated heterocycles. The van der Waals surface area contributed by atoms with E-state index in [4.69, 9.17) is 0 Å². The van der Waals surface area contributed by atoms with Gasteiger partial charge < -0.3 is 14.8 Å². The summed E-state index contributed by atoms with van der Waals surface area (Å²) >= 11 is 0. The predicted octanol–water partition coefficient (Wildman–Crippen LogP) is 2.26. The first-order valence-electron chi connectivity index (χ1n) is 7.77. The number of aromatic nitrogens is 3. The molecule has 9 heteroatoms. The van der Waals surface area contributed by atoms with Crippen LogP contribution in [0.3, 0.4) is 0 Å². The van der Waals surface area contributed by atoms with Crippen molar-refractivity contribution in [1.82, 2.24) is 19.4 Å². The number of likely N-dealkylation sites (tertiary alicyclic amines) is 1. The summed E-state index contributed by atoms with van der Waals surface area (Å²) in [6.45, 7) is 2.44. The third-order valence-corrected chi connectivity index (χ3v) is 4.29. The van der Waals surface area contributed by atoms with Gasteiger partial charge in [0.25, 0.3) is 0 Å². The van der Waals surface area contributed by atoms with Crippen molar-refractivity contribution in [3.8, 4) is 0 Å². The minimum Gasteiger partial charge on any atom is -0.365 e. The monoisotopic (exact) mass is 353 g/mol. The molecule has 1 N–H and O–H groups in total. The lowest BCUT2D eigenvalue weighted by Crippen LogP contribution is -2.30. The molecule has 2 aromatic rings. The number of aryl methyl sites for hydroxylation is 1. The molecule has 0 spiro atoms. The van der Waals surface area contributed by atoms with Crippen molar-refractivity contribution in [3.63, 3.8) is 0 Å². The standard InChI is InChI=1S/C16H18F3N5O/c1-10(25)24-6-12(13-7-23(2)9-21-13)14(8-24)22-15-4-3-11(5-20-15)16(17,18)19/h3-5,7,9,12,14H,6,8H2,1-2H3,(H,20,22)/t12-,14+/m0/s1. The van der Waals surface area contributed by atoms with Crippen molar-refractivity contribution in [2.24, 2.45) is 7.05 Å². The molecule has 1 fully saturated rings. The SMILES string of the molecule is CC(=O)N1C[C@@H](Nc2ccc(C(F)(F)F)cn2)[C@H](c2cn(C)cn2)C1. The third kappa shape index (κ3) is 3.75. The molecule has 0 aromatic carbocycles. The topological polar surface area (TPSA) is 63.1 Å². The highest BCUT2D eigenvalue weighted by molar-refractivity contribution is 5.74. The second-order valence-corrected chi connectivity index (χ2v) is 6.18. The van der Waals surface area contributed by atoms with Gasteiger partial charge in [-0.05, 0) is 12.1 Å². The van der Waals surface area contributed by atoms with E-state index in [9.17, 15) is 18.0 Å². The molecule has 2 aromatic heterocycles. The Morgan fingerprint density at radius 1 is 1.28 bits per heavy atom. The molecule has 0 bridgehead atoms. The fourth-order valence-electron chi connectivity index (χ4n) is 2.97. The molecule has 25 heavy (non-hydrogen) atoms. The van der Waals surface area contributed by atoms with Gasteiger partial charge in [0.05, 0.1) is 23.6 Å². The van der Waals surface area contributed by atoms with Crippen LogP contribution in [0, 0.1) is 0 Å². The van der Waals surface area contributed by atoms with Crippen molar-refractivity contribution in [2.45, 2.75) is 25.1 Å². The third-order valence-electron chi connectivity index (χ3n) is 4.29. The lowest BCUT2D eigenvalue weighted by atomic mass is 10.0. The molecule has 134 valence electrons. The van der Waals surface area contributed by atoms with E-state index < -0.39 is 11.7 Å². The average Bonchev–Trinajstić information content (AvgIpc) is 3.13. The quantitative estimate of drug-likeness (QED) is 0.919. The number of hydrogen-bond donors (Lipinski definition) is 1. The van der Waals surface area contributed by atoms with Crippen LogP contribution in [0.1, 0.15) is 24.1 Å². The number of nitrogens with one attached hydrogen (secondary N) is 1. The van der Waals surface area contributed by atoms with Crippen molar-refractivity contribution in [2.75, 3.05) is 18.4 Å². The number of hydrogen-bond acceptors (Lipinski definition) is 4. The van der Waals surface area contributed by atoms with Crippen molar-refractivity contribution in [1.29, 1.82) is 0 Å². The molecule has 1 aliphatic rings. The zero-order valence-electron chi connectivity index (χ0n) is 13.8. The smallest absolute Gasteiger partial charge is 0.365 e. The number of alkyl halides is 3. The van der Waals surface area contributed by atoms with E-state index in [1.54, 1.807) is 11.2 Å². The number of nitrogens with zero attached hydrogens (tertiary/aromatic N) is 4. The normalized spacial score (nSPS) is 20.8. The number of carbonyl (C=O) groups is 1. The maximum Gasteiger partial charge on any atom is 0.417 e. The molecule has 2 atom stereocenters. The molecule has 6 nitrogen and oxygen atoms in total. The molecular weight excluding hydrogens is 335 g/mol. The van der Waals surface area contributed by atoms with Crippen molar-refractivity contribution in [3.05, 3.63) is 42.1 Å². The Bertz CT molecular complexity index is 756. The molecule has 0 unspecified atom stereocenters. The van der Waals surface area contributed by atoms with Crippen LogP contribution in [0.25, 0.3) is 0 Å². The van der Waals surface area contributed by atoms with E-state index in [1.165, 1.54) is 13.0 Å². The zero-order valence-corrected chi connectivity index (χ0v) is 13.8. The minimum absolute atomic E-state index is 0.0504. The first-order chi connectivity index (χ1) is 11.7. The molecule has 0 saturated carbocycles. The number of anilines is 1. The Morgan fingerprint density at radius 3 is 2.56 bits per heavy atom. The number of rotatable bonds is 3.